The van der Waals surface area contributed by atoms with Crippen molar-refractivity contribution in [2.45, 2.75) is 12.3 Å². The average Bonchev–Trinajstić information content (AvgIpc) is 3.96. The van der Waals surface area contributed by atoms with E-state index in [0.717, 1.165) is 83.2 Å². The number of fused-ring (bicyclic) bond motifs is 9. The molecule has 11 aromatic rings. The molecule has 0 fully saturated rings. The van der Waals surface area contributed by atoms with Gasteiger partial charge in [-0.1, -0.05) is 133 Å². The van der Waals surface area contributed by atoms with Crippen molar-refractivity contribution in [2.75, 3.05) is 0 Å². The summed E-state index contributed by atoms with van der Waals surface area (Å²) in [6.07, 6.45) is -0.473. The summed E-state index contributed by atoms with van der Waals surface area (Å²) in [7, 11) is 0. The monoisotopic (exact) mass is 734 g/mol. The number of hydrogen-bond donors (Lipinski definition) is 2. The lowest BCUT2D eigenvalue weighted by molar-refractivity contribution is 0.408. The quantitative estimate of drug-likeness (QED) is 0.185. The number of nitrogens with one attached hydrogen (secondary N) is 2. The molecule has 0 aliphatic carbocycles. The first-order valence-electron chi connectivity index (χ1n) is 19.4. The summed E-state index contributed by atoms with van der Waals surface area (Å²) in [6, 6.07) is 63.7. The van der Waals surface area contributed by atoms with Crippen LogP contribution >= 0.6 is 0 Å². The molecule has 2 N–H and O–H groups in total. The molecule has 0 radical (unpaired) electrons. The highest BCUT2D eigenvalue weighted by Crippen LogP contribution is 2.41. The highest BCUT2D eigenvalue weighted by atomic mass is 16.3. The van der Waals surface area contributed by atoms with Crippen molar-refractivity contribution < 1.29 is 8.83 Å². The molecule has 2 unspecified atom stereocenters. The number of rotatable bonds is 5. The van der Waals surface area contributed by atoms with Gasteiger partial charge < -0.3 is 18.7 Å². The predicted molar refractivity (Wildman–Crippen MR) is 232 cm³/mol. The number of aromatic nitrogens is 1. The maximum Gasteiger partial charge on any atom is 0.142 e. The Morgan fingerprint density at radius 3 is 1.96 bits per heavy atom. The van der Waals surface area contributed by atoms with Gasteiger partial charge in [-0.05, 0) is 65.2 Å². The van der Waals surface area contributed by atoms with Crippen LogP contribution in [-0.4, -0.2) is 10.4 Å². The van der Waals surface area contributed by atoms with E-state index in [2.05, 4.69) is 173 Å². The summed E-state index contributed by atoms with van der Waals surface area (Å²) in [5, 5.41) is 14.2. The van der Waals surface area contributed by atoms with Crippen LogP contribution < -0.4 is 10.6 Å². The molecule has 6 heteroatoms. The van der Waals surface area contributed by atoms with Crippen LogP contribution in [0.25, 0.3) is 82.5 Å². The van der Waals surface area contributed by atoms with E-state index in [1.54, 1.807) is 0 Å². The van der Waals surface area contributed by atoms with E-state index in [1.807, 2.05) is 24.3 Å². The number of aliphatic imine (C=N–C) groups is 1. The van der Waals surface area contributed by atoms with Crippen LogP contribution in [0.3, 0.4) is 0 Å². The molecule has 0 amide bonds. The van der Waals surface area contributed by atoms with Gasteiger partial charge in [0.25, 0.3) is 0 Å². The van der Waals surface area contributed by atoms with Gasteiger partial charge in [-0.2, -0.15) is 0 Å². The largest absolute Gasteiger partial charge is 0.456 e. The maximum atomic E-state index is 6.68. The minimum absolute atomic E-state index is 0.138. The van der Waals surface area contributed by atoms with Crippen LogP contribution in [0.1, 0.15) is 29.0 Å². The SMILES string of the molecule is c1ccc(C2=NC(c3cccc4c3oc3ccc(-c5ccc6c(c5)oc5cccc(-n7c8ccccc8c8ccccc87)c56)cc34)NC(c3ccccc3)N2)cc1. The molecule has 0 spiro atoms. The fourth-order valence-electron chi connectivity index (χ4n) is 8.85. The van der Waals surface area contributed by atoms with E-state index in [1.165, 1.54) is 21.8 Å². The number of amidine groups is 1. The van der Waals surface area contributed by atoms with Gasteiger partial charge in [0.15, 0.2) is 0 Å². The van der Waals surface area contributed by atoms with Crippen molar-refractivity contribution in [3.05, 3.63) is 199 Å². The molecule has 1 aliphatic rings. The van der Waals surface area contributed by atoms with E-state index >= 15 is 0 Å². The third-order valence-electron chi connectivity index (χ3n) is 11.5. The minimum atomic E-state index is -0.335. The smallest absolute Gasteiger partial charge is 0.142 e. The third-order valence-corrected chi connectivity index (χ3v) is 11.5. The zero-order chi connectivity index (χ0) is 37.5. The minimum Gasteiger partial charge on any atom is -0.456 e. The number of hydrogen-bond acceptors (Lipinski definition) is 5. The number of benzene rings is 8. The Morgan fingerprint density at radius 2 is 1.16 bits per heavy atom. The van der Waals surface area contributed by atoms with E-state index in [0.29, 0.717) is 0 Å². The molecule has 6 nitrogen and oxygen atoms in total. The van der Waals surface area contributed by atoms with Gasteiger partial charge in [0.05, 0.1) is 22.1 Å². The molecule has 3 aromatic heterocycles. The molecule has 2 atom stereocenters. The fraction of sp³-hybridized carbons (Fsp3) is 0.0392. The van der Waals surface area contributed by atoms with Gasteiger partial charge >= 0.3 is 0 Å². The summed E-state index contributed by atoms with van der Waals surface area (Å²) in [5.41, 5.74) is 12.2. The molecule has 270 valence electrons. The van der Waals surface area contributed by atoms with Crippen molar-refractivity contribution in [2.24, 2.45) is 4.99 Å². The van der Waals surface area contributed by atoms with Crippen LogP contribution in [0.2, 0.25) is 0 Å². The summed E-state index contributed by atoms with van der Waals surface area (Å²) in [4.78, 5) is 5.20. The first-order valence-corrected chi connectivity index (χ1v) is 19.4. The van der Waals surface area contributed by atoms with E-state index in [-0.39, 0.29) is 12.3 Å². The van der Waals surface area contributed by atoms with Gasteiger partial charge in [0, 0.05) is 38.1 Å². The topological polar surface area (TPSA) is 67.6 Å². The van der Waals surface area contributed by atoms with Crippen molar-refractivity contribution in [1.82, 2.24) is 15.2 Å². The van der Waals surface area contributed by atoms with Crippen LogP contribution in [0, 0.1) is 0 Å². The lowest BCUT2D eigenvalue weighted by Gasteiger charge is -2.32. The molecule has 4 heterocycles. The second kappa shape index (κ2) is 12.6. The van der Waals surface area contributed by atoms with Crippen LogP contribution in [0.5, 0.6) is 0 Å². The Hall–Kier alpha value is -7.41. The van der Waals surface area contributed by atoms with Crippen LogP contribution in [0.15, 0.2) is 196 Å². The molecule has 57 heavy (non-hydrogen) atoms. The third kappa shape index (κ3) is 5.04. The first-order chi connectivity index (χ1) is 28.2. The molecule has 0 saturated heterocycles. The number of nitrogens with zero attached hydrogens (tertiary/aromatic N) is 2. The normalized spacial score (nSPS) is 15.9. The van der Waals surface area contributed by atoms with Crippen molar-refractivity contribution in [3.63, 3.8) is 0 Å². The van der Waals surface area contributed by atoms with Crippen molar-refractivity contribution in [1.29, 1.82) is 0 Å². The van der Waals surface area contributed by atoms with E-state index in [9.17, 15) is 0 Å². The van der Waals surface area contributed by atoms with Gasteiger partial charge in [0.2, 0.25) is 0 Å². The highest BCUT2D eigenvalue weighted by Gasteiger charge is 2.28. The lowest BCUT2D eigenvalue weighted by atomic mass is 10.00. The van der Waals surface area contributed by atoms with Gasteiger partial charge in [-0.25, -0.2) is 4.99 Å². The Balaban J connectivity index is 0.958. The second-order valence-corrected chi connectivity index (χ2v) is 14.8. The van der Waals surface area contributed by atoms with Crippen molar-refractivity contribution >= 4 is 71.5 Å². The Labute approximate surface area is 327 Å². The lowest BCUT2D eigenvalue weighted by Crippen LogP contribution is -2.44. The summed E-state index contributed by atoms with van der Waals surface area (Å²) < 4.78 is 15.7. The average molecular weight is 735 g/mol. The summed E-state index contributed by atoms with van der Waals surface area (Å²) in [5.74, 6) is 0.840. The van der Waals surface area contributed by atoms with Gasteiger partial charge in [-0.3, -0.25) is 5.32 Å². The van der Waals surface area contributed by atoms with Crippen LogP contribution in [0.4, 0.5) is 0 Å². The molecular formula is C51H34N4O2. The second-order valence-electron chi connectivity index (χ2n) is 14.8. The van der Waals surface area contributed by atoms with E-state index in [4.69, 9.17) is 13.8 Å². The molecule has 12 rings (SSSR count). The standard InChI is InChI=1S/C51H34N4O2/c1-3-13-31(14-4-1)49-52-50(32-15-5-2-6-16-32)54-51(53-49)39-20-11-19-37-40-29-33(26-28-44(40)57-48(37)39)34-25-27-38-46(30-34)56-45-24-12-23-43(47(38)45)55-41-21-9-7-17-35(41)36-18-8-10-22-42(36)55/h1-30,49,51,53H,(H,52,54). The zero-order valence-corrected chi connectivity index (χ0v) is 30.7. The summed E-state index contributed by atoms with van der Waals surface area (Å²) >= 11 is 0. The molecule has 0 bridgehead atoms. The fourth-order valence-corrected chi connectivity index (χ4v) is 8.85. The molecule has 1 aliphatic heterocycles. The maximum absolute atomic E-state index is 6.68. The van der Waals surface area contributed by atoms with Crippen molar-refractivity contribution in [3.8, 4) is 16.8 Å². The van der Waals surface area contributed by atoms with Crippen LogP contribution in [-0.2, 0) is 0 Å². The number of furan rings is 2. The van der Waals surface area contributed by atoms with Gasteiger partial charge in [-0.15, -0.1) is 0 Å². The Bertz CT molecular complexity index is 3320. The van der Waals surface area contributed by atoms with Gasteiger partial charge in [0.1, 0.15) is 40.5 Å². The van der Waals surface area contributed by atoms with E-state index < -0.39 is 0 Å². The summed E-state index contributed by atoms with van der Waals surface area (Å²) in [6.45, 7) is 0. The molecular weight excluding hydrogens is 701 g/mol. The highest BCUT2D eigenvalue weighted by molar-refractivity contribution is 6.15. The molecule has 8 aromatic carbocycles. The zero-order valence-electron chi connectivity index (χ0n) is 30.7. The Morgan fingerprint density at radius 1 is 0.474 bits per heavy atom. The predicted octanol–water partition coefficient (Wildman–Crippen LogP) is 12.6. The number of para-hydroxylation sites is 3. The first kappa shape index (κ1) is 31.9. The Kier molecular flexibility index (Phi) is 7.03. The molecule has 0 saturated carbocycles.